The van der Waals surface area contributed by atoms with Crippen LogP contribution in [0.4, 0.5) is 4.39 Å². The van der Waals surface area contributed by atoms with E-state index in [1.165, 1.54) is 17.7 Å². The van der Waals surface area contributed by atoms with Crippen molar-refractivity contribution in [2.24, 2.45) is 11.8 Å². The van der Waals surface area contributed by atoms with Crippen LogP contribution < -0.4 is 4.74 Å². The van der Waals surface area contributed by atoms with Gasteiger partial charge in [-0.25, -0.2) is 4.39 Å². The van der Waals surface area contributed by atoms with Crippen molar-refractivity contribution in [1.82, 2.24) is 9.80 Å². The Morgan fingerprint density at radius 1 is 1.03 bits per heavy atom. The Kier molecular flexibility index (Phi) is 7.00. The van der Waals surface area contributed by atoms with Gasteiger partial charge in [-0.1, -0.05) is 36.4 Å². The molecule has 2 fully saturated rings. The van der Waals surface area contributed by atoms with E-state index in [9.17, 15) is 9.18 Å². The fraction of sp³-hybridized carbons (Fsp3) is 0.480. The molecule has 2 aliphatic heterocycles. The maximum Gasteiger partial charge on any atom is 0.226 e. The molecule has 0 spiro atoms. The molecule has 4 nitrogen and oxygen atoms in total. The van der Waals surface area contributed by atoms with Crippen LogP contribution in [0.25, 0.3) is 0 Å². The number of ether oxygens (including phenoxy) is 1. The van der Waals surface area contributed by atoms with Crippen LogP contribution in [0.2, 0.25) is 0 Å². The molecule has 2 aromatic carbocycles. The molecular weight excluding hydrogens is 379 g/mol. The molecule has 5 heteroatoms. The predicted octanol–water partition coefficient (Wildman–Crippen LogP) is 4.01. The third-order valence-corrected chi connectivity index (χ3v) is 6.22. The van der Waals surface area contributed by atoms with Gasteiger partial charge in [0, 0.05) is 44.7 Å². The smallest absolute Gasteiger partial charge is 0.226 e. The molecule has 160 valence electrons. The molecule has 0 aliphatic carbocycles. The van der Waals surface area contributed by atoms with Crippen molar-refractivity contribution in [1.29, 1.82) is 0 Å². The van der Waals surface area contributed by atoms with E-state index in [1.807, 2.05) is 11.0 Å². The predicted molar refractivity (Wildman–Crippen MR) is 116 cm³/mol. The Hall–Kier alpha value is -2.40. The molecular formula is C25H31FN2O2. The lowest BCUT2D eigenvalue weighted by Gasteiger charge is -2.38. The van der Waals surface area contributed by atoms with Gasteiger partial charge in [-0.3, -0.25) is 4.79 Å². The molecule has 30 heavy (non-hydrogen) atoms. The summed E-state index contributed by atoms with van der Waals surface area (Å²) in [5.41, 5.74) is 1.32. The third kappa shape index (κ3) is 5.60. The monoisotopic (exact) mass is 410 g/mol. The Labute approximate surface area is 178 Å². The lowest BCUT2D eigenvalue weighted by Crippen LogP contribution is -2.48. The Balaban J connectivity index is 1.39. The summed E-state index contributed by atoms with van der Waals surface area (Å²) >= 11 is 0. The molecule has 0 radical (unpaired) electrons. The average molecular weight is 411 g/mol. The van der Waals surface area contributed by atoms with Crippen LogP contribution in [0.15, 0.2) is 54.6 Å². The summed E-state index contributed by atoms with van der Waals surface area (Å²) in [6.07, 6.45) is 4.04. The highest BCUT2D eigenvalue weighted by Gasteiger charge is 2.34. The molecule has 2 aliphatic rings. The second kappa shape index (κ2) is 10.1. The summed E-state index contributed by atoms with van der Waals surface area (Å²) < 4.78 is 19.4. The minimum atomic E-state index is -0.289. The SMILES string of the molecule is O=C([C@@H]1C[C@H](COc2cccc(F)c2)CN(CCc2ccccc2)C1)N1CCCC1. The number of carbonyl (C=O) groups excluding carboxylic acids is 1. The second-order valence-corrected chi connectivity index (χ2v) is 8.59. The average Bonchev–Trinajstić information content (AvgIpc) is 3.31. The third-order valence-electron chi connectivity index (χ3n) is 6.22. The van der Waals surface area contributed by atoms with E-state index >= 15 is 0 Å². The van der Waals surface area contributed by atoms with Crippen molar-refractivity contribution in [3.8, 4) is 5.75 Å². The van der Waals surface area contributed by atoms with E-state index < -0.39 is 0 Å². The fourth-order valence-electron chi connectivity index (χ4n) is 4.68. The van der Waals surface area contributed by atoms with Crippen LogP contribution in [0.1, 0.15) is 24.8 Å². The van der Waals surface area contributed by atoms with Crippen LogP contribution in [0.5, 0.6) is 5.75 Å². The molecule has 0 saturated carbocycles. The minimum Gasteiger partial charge on any atom is -0.493 e. The highest BCUT2D eigenvalue weighted by molar-refractivity contribution is 5.79. The quantitative estimate of drug-likeness (QED) is 0.692. The maximum atomic E-state index is 13.5. The number of likely N-dealkylation sites (tertiary alicyclic amines) is 2. The summed E-state index contributed by atoms with van der Waals surface area (Å²) in [7, 11) is 0. The van der Waals surface area contributed by atoms with Gasteiger partial charge in [-0.05, 0) is 43.4 Å². The summed E-state index contributed by atoms with van der Waals surface area (Å²) in [6.45, 7) is 4.96. The number of piperidine rings is 1. The van der Waals surface area contributed by atoms with Gasteiger partial charge in [0.15, 0.2) is 0 Å². The molecule has 2 saturated heterocycles. The van der Waals surface area contributed by atoms with Gasteiger partial charge in [0.1, 0.15) is 11.6 Å². The van der Waals surface area contributed by atoms with Crippen molar-refractivity contribution in [3.63, 3.8) is 0 Å². The number of nitrogens with zero attached hydrogens (tertiary/aromatic N) is 2. The van der Waals surface area contributed by atoms with Crippen LogP contribution in [0, 0.1) is 17.7 Å². The molecule has 2 aromatic rings. The van der Waals surface area contributed by atoms with Crippen molar-refractivity contribution in [2.45, 2.75) is 25.7 Å². The van der Waals surface area contributed by atoms with E-state index in [0.717, 1.165) is 58.4 Å². The normalized spacial score (nSPS) is 22.2. The zero-order valence-electron chi connectivity index (χ0n) is 17.5. The molecule has 1 amide bonds. The van der Waals surface area contributed by atoms with Gasteiger partial charge < -0.3 is 14.5 Å². The first-order chi connectivity index (χ1) is 14.7. The van der Waals surface area contributed by atoms with Crippen molar-refractivity contribution in [3.05, 3.63) is 66.0 Å². The zero-order valence-corrected chi connectivity index (χ0v) is 17.5. The number of rotatable bonds is 7. The van der Waals surface area contributed by atoms with Crippen molar-refractivity contribution >= 4 is 5.91 Å². The van der Waals surface area contributed by atoms with Gasteiger partial charge in [0.05, 0.1) is 12.5 Å². The number of amides is 1. The van der Waals surface area contributed by atoms with E-state index in [2.05, 4.69) is 29.2 Å². The fourth-order valence-corrected chi connectivity index (χ4v) is 4.68. The lowest BCUT2D eigenvalue weighted by atomic mass is 9.88. The van der Waals surface area contributed by atoms with E-state index in [0.29, 0.717) is 18.3 Å². The molecule has 2 atom stereocenters. The first-order valence-corrected chi connectivity index (χ1v) is 11.1. The van der Waals surface area contributed by atoms with E-state index in [-0.39, 0.29) is 17.7 Å². The Morgan fingerprint density at radius 2 is 1.83 bits per heavy atom. The number of hydrogen-bond acceptors (Lipinski definition) is 3. The van der Waals surface area contributed by atoms with Gasteiger partial charge in [0.25, 0.3) is 0 Å². The largest absolute Gasteiger partial charge is 0.493 e. The topological polar surface area (TPSA) is 32.8 Å². The number of carbonyl (C=O) groups is 1. The highest BCUT2D eigenvalue weighted by Crippen LogP contribution is 2.26. The van der Waals surface area contributed by atoms with Crippen molar-refractivity contribution < 1.29 is 13.9 Å². The minimum absolute atomic E-state index is 0.0220. The highest BCUT2D eigenvalue weighted by atomic mass is 19.1. The Bertz CT molecular complexity index is 823. The summed E-state index contributed by atoms with van der Waals surface area (Å²) in [5.74, 6) is 0.845. The van der Waals surface area contributed by atoms with Gasteiger partial charge in [-0.2, -0.15) is 0 Å². The zero-order chi connectivity index (χ0) is 20.8. The van der Waals surface area contributed by atoms with E-state index in [4.69, 9.17) is 4.74 Å². The molecule has 0 unspecified atom stereocenters. The first-order valence-electron chi connectivity index (χ1n) is 11.1. The molecule has 4 rings (SSSR count). The number of hydrogen-bond donors (Lipinski definition) is 0. The number of halogens is 1. The van der Waals surface area contributed by atoms with Crippen molar-refractivity contribution in [2.75, 3.05) is 39.3 Å². The Morgan fingerprint density at radius 3 is 2.60 bits per heavy atom. The van der Waals surface area contributed by atoms with Gasteiger partial charge in [0.2, 0.25) is 5.91 Å². The van der Waals surface area contributed by atoms with Crippen LogP contribution in [-0.2, 0) is 11.2 Å². The van der Waals surface area contributed by atoms with Crippen LogP contribution in [-0.4, -0.2) is 55.0 Å². The molecule has 2 heterocycles. The van der Waals surface area contributed by atoms with Crippen LogP contribution >= 0.6 is 0 Å². The first kappa shape index (κ1) is 20.9. The van der Waals surface area contributed by atoms with Crippen LogP contribution in [0.3, 0.4) is 0 Å². The standard InChI is InChI=1S/C25H31FN2O2/c26-23-9-6-10-24(16-23)30-19-21-15-22(25(29)28-12-4-5-13-28)18-27(17-21)14-11-20-7-2-1-3-8-20/h1-3,6-10,16,21-22H,4-5,11-15,17-19H2/t21-,22+/m0/s1. The van der Waals surface area contributed by atoms with E-state index in [1.54, 1.807) is 12.1 Å². The summed E-state index contributed by atoms with van der Waals surface area (Å²) in [4.78, 5) is 17.5. The van der Waals surface area contributed by atoms with Gasteiger partial charge >= 0.3 is 0 Å². The number of benzene rings is 2. The van der Waals surface area contributed by atoms with Gasteiger partial charge in [-0.15, -0.1) is 0 Å². The summed E-state index contributed by atoms with van der Waals surface area (Å²) in [5, 5.41) is 0. The second-order valence-electron chi connectivity index (χ2n) is 8.59. The maximum absolute atomic E-state index is 13.5. The molecule has 0 aromatic heterocycles. The molecule has 0 N–H and O–H groups in total. The molecule has 0 bridgehead atoms. The summed E-state index contributed by atoms with van der Waals surface area (Å²) in [6, 6.07) is 16.8. The lowest BCUT2D eigenvalue weighted by molar-refractivity contribution is -0.137.